The minimum atomic E-state index is -9.54. The van der Waals surface area contributed by atoms with Crippen molar-refractivity contribution in [2.45, 2.75) is 108 Å². The number of sulfonamides is 2. The van der Waals surface area contributed by atoms with Gasteiger partial charge in [0, 0.05) is 8.96 Å². The Morgan fingerprint density at radius 3 is 0.657 bits per heavy atom. The molecule has 0 aliphatic carbocycles. The Labute approximate surface area is 361 Å². The van der Waals surface area contributed by atoms with Crippen molar-refractivity contribution in [3.05, 3.63) is 0 Å². The molecule has 45 heteroatoms. The number of halogens is 36. The van der Waals surface area contributed by atoms with Gasteiger partial charge in [-0.05, 0) is 22.1 Å². The van der Waals surface area contributed by atoms with Crippen molar-refractivity contribution in [3.63, 3.8) is 0 Å². The van der Waals surface area contributed by atoms with E-state index in [0.717, 1.165) is 0 Å². The van der Waals surface area contributed by atoms with Crippen LogP contribution in [0.2, 0.25) is 0 Å². The molecule has 70 heavy (non-hydrogen) atoms. The second kappa shape index (κ2) is 16.6. The summed E-state index contributed by atoms with van der Waals surface area (Å²) in [6.07, 6.45) is -16.6. The maximum atomic E-state index is 16.1. The van der Waals surface area contributed by atoms with Crippen molar-refractivity contribution in [2.75, 3.05) is 39.4 Å². The lowest BCUT2D eigenvalue weighted by Crippen LogP contribution is -2.76. The maximum absolute atomic E-state index is 16.1. The maximum Gasteiger partial charge on any atom is 0.467 e. The molecular weight excluding hydrogens is 1160 g/mol. The van der Waals surface area contributed by atoms with Gasteiger partial charge in [-0.3, -0.25) is 0 Å². The van der Waals surface area contributed by atoms with Crippen LogP contribution in [0.1, 0.15) is 13.8 Å². The molecule has 1 aliphatic rings. The minimum Gasteiger partial charge on any atom is -0.379 e. The van der Waals surface area contributed by atoms with E-state index in [1.807, 2.05) is 0 Å². The summed E-state index contributed by atoms with van der Waals surface area (Å²) in [5.74, 6) is -111. The highest BCUT2D eigenvalue weighted by molar-refractivity contribution is 7.87. The third-order valence-electron chi connectivity index (χ3n) is 9.80. The summed E-state index contributed by atoms with van der Waals surface area (Å²) in [5.41, 5.74) is -4.10. The summed E-state index contributed by atoms with van der Waals surface area (Å²) in [5, 5.41) is -17.6. The lowest BCUT2D eigenvalue weighted by Gasteiger charge is -2.46. The standard InChI is InChI=1S/C25H18F36N2O5S2/c1-3-62(60,69(64,65)24(56,57)20(46,47)16(38,39)12(30,31)10(26,27)14(34,35)18(42,43)22(50,51)52)5-9(7-68-8-9)6-63(61,4-2)70(66,67)25(58,59)21(48,49)17(40,41)13(32,33)11(28,29)15(36,37)19(44,45)23(53,54)55/h3-8H2,1-2H3/q+2. The zero-order valence-corrected chi connectivity index (χ0v) is 33.7. The Morgan fingerprint density at radius 2 is 0.514 bits per heavy atom. The fourth-order valence-corrected chi connectivity index (χ4v) is 8.69. The number of hydrogen-bond donors (Lipinski definition) is 0. The van der Waals surface area contributed by atoms with Crippen LogP contribution in [-0.2, 0) is 24.8 Å². The quantitative estimate of drug-likeness (QED) is 0.0797. The van der Waals surface area contributed by atoms with Crippen molar-refractivity contribution in [1.29, 1.82) is 0 Å². The molecule has 0 aromatic rings. The van der Waals surface area contributed by atoms with E-state index in [-0.39, 0.29) is 0 Å². The van der Waals surface area contributed by atoms with Gasteiger partial charge in [0.1, 0.15) is 31.6 Å². The Kier molecular flexibility index (Phi) is 15.5. The van der Waals surface area contributed by atoms with Gasteiger partial charge in [0.2, 0.25) is 0 Å². The molecule has 1 aliphatic heterocycles. The van der Waals surface area contributed by atoms with E-state index in [2.05, 4.69) is 4.74 Å². The van der Waals surface area contributed by atoms with Crippen molar-refractivity contribution in [1.82, 2.24) is 0 Å². The van der Waals surface area contributed by atoms with Gasteiger partial charge >= 0.3 is 114 Å². The summed E-state index contributed by atoms with van der Waals surface area (Å²) in [7, 11) is -18.3. The Balaban J connectivity index is 4.08. The summed E-state index contributed by atoms with van der Waals surface area (Å²) in [4.78, 5) is 0. The second-order valence-electron chi connectivity index (χ2n) is 14.4. The number of quaternary nitrogens is 2. The molecule has 1 fully saturated rings. The summed E-state index contributed by atoms with van der Waals surface area (Å²) < 4.78 is 545. The Bertz CT molecular complexity index is 2020. The molecule has 0 bridgehead atoms. The van der Waals surface area contributed by atoms with Gasteiger partial charge in [-0.25, -0.2) is 0 Å². The number of rotatable bonds is 22. The first-order chi connectivity index (χ1) is 29.7. The smallest absolute Gasteiger partial charge is 0.379 e. The van der Waals surface area contributed by atoms with E-state index in [9.17, 15) is 166 Å². The highest BCUT2D eigenvalue weighted by atomic mass is 32.2. The highest BCUT2D eigenvalue weighted by Crippen LogP contribution is 2.67. The fraction of sp³-hybridized carbons (Fsp3) is 1.00. The Morgan fingerprint density at radius 1 is 0.343 bits per heavy atom. The zero-order chi connectivity index (χ0) is 57.4. The normalized spacial score (nSPS) is 19.9. The lowest BCUT2D eigenvalue weighted by atomic mass is 9.85. The van der Waals surface area contributed by atoms with Crippen LogP contribution >= 0.6 is 0 Å². The van der Waals surface area contributed by atoms with Crippen LogP contribution in [0.4, 0.5) is 158 Å². The highest BCUT2D eigenvalue weighted by Gasteiger charge is 2.99. The van der Waals surface area contributed by atoms with Crippen LogP contribution in [0.5, 0.6) is 0 Å². The van der Waals surface area contributed by atoms with Crippen molar-refractivity contribution in [3.8, 4) is 0 Å². The molecule has 1 saturated heterocycles. The van der Waals surface area contributed by atoms with E-state index in [0.29, 0.717) is 0 Å². The number of nitrogens with zero attached hydrogens (tertiary/aromatic N) is 2. The minimum absolute atomic E-state index is 0.408. The monoisotopic (exact) mass is 1170 g/mol. The van der Waals surface area contributed by atoms with E-state index in [4.69, 9.17) is 0 Å². The molecule has 0 N–H and O–H groups in total. The molecule has 0 amide bonds. The van der Waals surface area contributed by atoms with Gasteiger partial charge < -0.3 is 4.74 Å². The van der Waals surface area contributed by atoms with Crippen molar-refractivity contribution < 1.29 is 188 Å². The van der Waals surface area contributed by atoms with E-state index in [1.54, 1.807) is 0 Å². The van der Waals surface area contributed by atoms with Crippen LogP contribution in [0.15, 0.2) is 0 Å². The van der Waals surface area contributed by atoms with Crippen LogP contribution in [0, 0.1) is 5.41 Å². The van der Waals surface area contributed by atoms with Crippen LogP contribution in [0.25, 0.3) is 0 Å². The van der Waals surface area contributed by atoms with Gasteiger partial charge in [0.25, 0.3) is 0 Å². The summed E-state index contributed by atoms with van der Waals surface area (Å²) >= 11 is 0. The topological polar surface area (TPSA) is 77.5 Å². The molecule has 420 valence electrons. The van der Waals surface area contributed by atoms with E-state index >= 15 is 8.96 Å². The molecule has 2 unspecified atom stereocenters. The molecule has 0 aromatic heterocycles. The first kappa shape index (κ1) is 65.3. The molecular formula is C25H18F36N2O5S2+2. The average Bonchev–Trinajstić information content (AvgIpc) is 3.14. The van der Waals surface area contributed by atoms with Crippen LogP contribution < -0.4 is 0 Å². The predicted octanol–water partition coefficient (Wildman–Crippen LogP) is 11.0. The van der Waals surface area contributed by atoms with Gasteiger partial charge in [-0.15, -0.1) is 0 Å². The van der Waals surface area contributed by atoms with Gasteiger partial charge in [-0.1, -0.05) is 0 Å². The fourth-order valence-electron chi connectivity index (χ4n) is 5.39. The average molecular weight is 1170 g/mol. The summed E-state index contributed by atoms with van der Waals surface area (Å²) in [6.45, 7) is -18.0. The molecule has 0 radical (unpaired) electrons. The SMILES string of the molecule is CC[N+](F)(CC1(C[N+](F)(CC)S(=O)(=O)C(F)(F)C(F)(F)C(F)(F)C(F)(F)C(F)(F)C(F)(F)C(F)(F)C(F)(F)F)COC1)S(=O)(=O)C(F)(F)C(F)(F)C(F)(F)C(F)(F)C(F)(F)C(F)(F)C(F)(F)C(F)(F)F. The molecule has 0 aromatic carbocycles. The lowest BCUT2D eigenvalue weighted by molar-refractivity contribution is -0.979. The Hall–Kier alpha value is -2.74. The predicted molar refractivity (Wildman–Crippen MR) is 146 cm³/mol. The summed E-state index contributed by atoms with van der Waals surface area (Å²) in [6, 6.07) is 0. The van der Waals surface area contributed by atoms with Crippen LogP contribution in [0.3, 0.4) is 0 Å². The van der Waals surface area contributed by atoms with Gasteiger partial charge in [0.15, 0.2) is 0 Å². The first-order valence-corrected chi connectivity index (χ1v) is 19.3. The van der Waals surface area contributed by atoms with Gasteiger partial charge in [0.05, 0.1) is 13.2 Å². The second-order valence-corrected chi connectivity index (χ2v) is 18.6. The first-order valence-electron chi connectivity index (χ1n) is 16.4. The zero-order valence-electron chi connectivity index (χ0n) is 32.1. The van der Waals surface area contributed by atoms with Crippen LogP contribution in [-0.4, -0.2) is 158 Å². The van der Waals surface area contributed by atoms with E-state index < -0.39 is 181 Å². The molecule has 0 spiro atoms. The molecule has 1 rings (SSSR count). The molecule has 7 nitrogen and oxygen atoms in total. The van der Waals surface area contributed by atoms with Crippen molar-refractivity contribution in [2.24, 2.45) is 5.41 Å². The van der Waals surface area contributed by atoms with Crippen molar-refractivity contribution >= 4 is 20.0 Å². The molecule has 1 heterocycles. The van der Waals surface area contributed by atoms with Gasteiger partial charge in [-0.2, -0.15) is 166 Å². The third kappa shape index (κ3) is 7.85. The molecule has 0 saturated carbocycles. The number of ether oxygens (including phenoxy) is 1. The number of alkyl halides is 34. The van der Waals surface area contributed by atoms with E-state index in [1.165, 1.54) is 0 Å². The third-order valence-corrected chi connectivity index (χ3v) is 14.1. The molecule has 2 atom stereocenters. The largest absolute Gasteiger partial charge is 0.467 e. The number of hydrogen-bond acceptors (Lipinski definition) is 5.